The Bertz CT molecular complexity index is 4140. The molecule has 0 N–H and O–H groups in total. The second kappa shape index (κ2) is 13.6. The molecule has 0 atom stereocenters. The molecule has 0 amide bonds. The molecule has 7 heteroatoms. The SMILES string of the molecule is c1ccc(-c2nc(-c3ccc4c(c3)sc3ccccc34)nc(-n3c4ccccc4c4c3cc(-n3c5ccccc5c5ccccc53)c3c5ccccc5n(-c5ccccc5)c34)n2)cc1. The molecule has 0 spiro atoms. The van der Waals surface area contributed by atoms with Crippen LogP contribution in [-0.4, -0.2) is 28.7 Å². The molecule has 0 bridgehead atoms. The van der Waals surface area contributed by atoms with Crippen molar-refractivity contribution in [3.05, 3.63) is 206 Å². The maximum atomic E-state index is 5.46. The van der Waals surface area contributed by atoms with Crippen LogP contribution in [0.1, 0.15) is 0 Å². The minimum atomic E-state index is 0.557. The van der Waals surface area contributed by atoms with Gasteiger partial charge in [0, 0.05) is 69.3 Å². The van der Waals surface area contributed by atoms with E-state index in [-0.39, 0.29) is 0 Å². The lowest BCUT2D eigenvalue weighted by molar-refractivity contribution is 0.953. The molecular formula is C57H34N6S. The minimum absolute atomic E-state index is 0.557. The molecule has 64 heavy (non-hydrogen) atoms. The third-order valence-electron chi connectivity index (χ3n) is 12.9. The van der Waals surface area contributed by atoms with Crippen molar-refractivity contribution in [1.82, 2.24) is 28.7 Å². The summed E-state index contributed by atoms with van der Waals surface area (Å²) >= 11 is 1.80. The second-order valence-corrected chi connectivity index (χ2v) is 17.5. The predicted molar refractivity (Wildman–Crippen MR) is 267 cm³/mol. The van der Waals surface area contributed by atoms with Gasteiger partial charge in [0.1, 0.15) is 0 Å². The average molecular weight is 835 g/mol. The molecule has 0 aliphatic carbocycles. The fourth-order valence-corrected chi connectivity index (χ4v) is 11.3. The van der Waals surface area contributed by atoms with E-state index in [4.69, 9.17) is 15.0 Å². The van der Waals surface area contributed by atoms with Crippen molar-refractivity contribution < 1.29 is 0 Å². The van der Waals surface area contributed by atoms with E-state index in [2.05, 4.69) is 202 Å². The van der Waals surface area contributed by atoms with Crippen LogP contribution in [0.25, 0.3) is 126 Å². The molecule has 298 valence electrons. The van der Waals surface area contributed by atoms with Crippen molar-refractivity contribution in [3.63, 3.8) is 0 Å². The van der Waals surface area contributed by atoms with Gasteiger partial charge in [-0.15, -0.1) is 11.3 Å². The van der Waals surface area contributed by atoms with E-state index >= 15 is 0 Å². The molecule has 0 unspecified atom stereocenters. The van der Waals surface area contributed by atoms with Crippen LogP contribution in [0.2, 0.25) is 0 Å². The summed E-state index contributed by atoms with van der Waals surface area (Å²) in [5.74, 6) is 1.79. The van der Waals surface area contributed by atoms with Crippen LogP contribution < -0.4 is 0 Å². The molecule has 6 nitrogen and oxygen atoms in total. The number of hydrogen-bond donors (Lipinski definition) is 0. The Morgan fingerprint density at radius 2 is 0.844 bits per heavy atom. The van der Waals surface area contributed by atoms with E-state index in [0.717, 1.165) is 66.4 Å². The van der Waals surface area contributed by atoms with Crippen molar-refractivity contribution in [2.24, 2.45) is 0 Å². The first-order chi connectivity index (χ1) is 31.8. The molecule has 0 fully saturated rings. The smallest absolute Gasteiger partial charge is 0.238 e. The van der Waals surface area contributed by atoms with Crippen LogP contribution in [-0.2, 0) is 0 Å². The number of thiophene rings is 1. The summed E-state index contributed by atoms with van der Waals surface area (Å²) < 4.78 is 9.65. The number of nitrogens with zero attached hydrogens (tertiary/aromatic N) is 6. The maximum absolute atomic E-state index is 5.46. The van der Waals surface area contributed by atoms with E-state index < -0.39 is 0 Å². The highest BCUT2D eigenvalue weighted by atomic mass is 32.1. The molecule has 0 aliphatic rings. The van der Waals surface area contributed by atoms with E-state index in [1.165, 1.54) is 41.7 Å². The predicted octanol–water partition coefficient (Wildman–Crippen LogP) is 14.9. The highest BCUT2D eigenvalue weighted by molar-refractivity contribution is 7.25. The largest absolute Gasteiger partial charge is 0.308 e. The van der Waals surface area contributed by atoms with E-state index in [1.807, 2.05) is 18.2 Å². The van der Waals surface area contributed by atoms with Crippen molar-refractivity contribution in [3.8, 4) is 40.1 Å². The summed E-state index contributed by atoms with van der Waals surface area (Å²) in [6.45, 7) is 0. The summed E-state index contributed by atoms with van der Waals surface area (Å²) in [6.07, 6.45) is 0. The van der Waals surface area contributed by atoms with Gasteiger partial charge in [-0.05, 0) is 54.6 Å². The van der Waals surface area contributed by atoms with Gasteiger partial charge in [0.05, 0.1) is 38.8 Å². The van der Waals surface area contributed by atoms with Gasteiger partial charge in [0.2, 0.25) is 5.95 Å². The third-order valence-corrected chi connectivity index (χ3v) is 14.0. The molecule has 5 heterocycles. The number of benzene rings is 9. The Labute approximate surface area is 370 Å². The third kappa shape index (κ3) is 5.04. The fourth-order valence-electron chi connectivity index (χ4n) is 10.2. The summed E-state index contributed by atoms with van der Waals surface area (Å²) in [5.41, 5.74) is 10.6. The first-order valence-electron chi connectivity index (χ1n) is 21.5. The number of rotatable bonds is 5. The Hall–Kier alpha value is -8.39. The number of fused-ring (bicyclic) bond motifs is 13. The molecule has 0 radical (unpaired) electrons. The minimum Gasteiger partial charge on any atom is -0.308 e. The zero-order valence-electron chi connectivity index (χ0n) is 34.2. The molecular weight excluding hydrogens is 801 g/mol. The van der Waals surface area contributed by atoms with Crippen LogP contribution in [0.4, 0.5) is 0 Å². The zero-order valence-corrected chi connectivity index (χ0v) is 35.0. The van der Waals surface area contributed by atoms with Gasteiger partial charge < -0.3 is 9.13 Å². The second-order valence-electron chi connectivity index (χ2n) is 16.4. The summed E-state index contributed by atoms with van der Waals surface area (Å²) in [4.78, 5) is 16.1. The Balaban J connectivity index is 1.16. The fraction of sp³-hybridized carbons (Fsp3) is 0. The lowest BCUT2D eigenvalue weighted by Crippen LogP contribution is -2.07. The molecule has 0 saturated carbocycles. The highest BCUT2D eigenvalue weighted by Crippen LogP contribution is 2.47. The van der Waals surface area contributed by atoms with Gasteiger partial charge >= 0.3 is 0 Å². The molecule has 0 aliphatic heterocycles. The van der Waals surface area contributed by atoms with Crippen LogP contribution in [0.15, 0.2) is 206 Å². The normalized spacial score (nSPS) is 12.1. The first-order valence-corrected chi connectivity index (χ1v) is 22.4. The van der Waals surface area contributed by atoms with Gasteiger partial charge in [-0.3, -0.25) is 4.57 Å². The van der Waals surface area contributed by atoms with Gasteiger partial charge in [0.15, 0.2) is 11.6 Å². The molecule has 5 aromatic heterocycles. The molecule has 9 aromatic carbocycles. The first kappa shape index (κ1) is 35.2. The molecule has 0 saturated heterocycles. The topological polar surface area (TPSA) is 53.5 Å². The van der Waals surface area contributed by atoms with Crippen LogP contribution in [0.5, 0.6) is 0 Å². The van der Waals surface area contributed by atoms with Crippen molar-refractivity contribution >= 4 is 96.9 Å². The lowest BCUT2D eigenvalue weighted by atomic mass is 10.0. The van der Waals surface area contributed by atoms with Crippen LogP contribution in [0, 0.1) is 0 Å². The Morgan fingerprint density at radius 3 is 1.53 bits per heavy atom. The Morgan fingerprint density at radius 1 is 0.328 bits per heavy atom. The van der Waals surface area contributed by atoms with E-state index in [0.29, 0.717) is 17.6 Å². The average Bonchev–Trinajstić information content (AvgIpc) is 4.10. The summed E-state index contributed by atoms with van der Waals surface area (Å²) in [7, 11) is 0. The number of hydrogen-bond acceptors (Lipinski definition) is 4. The quantitative estimate of drug-likeness (QED) is 0.174. The number of aromatic nitrogens is 6. The number of para-hydroxylation sites is 5. The maximum Gasteiger partial charge on any atom is 0.238 e. The van der Waals surface area contributed by atoms with Crippen molar-refractivity contribution in [2.75, 3.05) is 0 Å². The zero-order chi connectivity index (χ0) is 41.9. The molecule has 14 aromatic rings. The summed E-state index contributed by atoms with van der Waals surface area (Å²) in [6, 6.07) is 73.7. The van der Waals surface area contributed by atoms with Gasteiger partial charge in [-0.25, -0.2) is 4.98 Å². The van der Waals surface area contributed by atoms with Crippen molar-refractivity contribution in [2.45, 2.75) is 0 Å². The lowest BCUT2D eigenvalue weighted by Gasteiger charge is -2.15. The molecule has 14 rings (SSSR count). The van der Waals surface area contributed by atoms with Gasteiger partial charge in [0.25, 0.3) is 0 Å². The standard InChI is InChI=1S/C57H34N6S/c1-3-17-35(18-4-1)55-58-56(36-31-32-41-40-23-11-16-30-50(40)64-51(41)33-36)60-57(59-55)63-47-29-15-10-25-43(47)53-49(63)34-48(62-44-26-12-7-21-38(44)39-22-8-13-27-45(39)62)52-42-24-9-14-28-46(42)61(54(52)53)37-19-5-2-6-20-37/h1-34H. The van der Waals surface area contributed by atoms with Crippen molar-refractivity contribution in [1.29, 1.82) is 0 Å². The Kier molecular flexibility index (Phi) is 7.46. The van der Waals surface area contributed by atoms with E-state index in [1.54, 1.807) is 11.3 Å². The highest BCUT2D eigenvalue weighted by Gasteiger charge is 2.27. The van der Waals surface area contributed by atoms with Gasteiger partial charge in [-0.1, -0.05) is 152 Å². The van der Waals surface area contributed by atoms with Crippen LogP contribution in [0.3, 0.4) is 0 Å². The monoisotopic (exact) mass is 834 g/mol. The van der Waals surface area contributed by atoms with Crippen LogP contribution >= 0.6 is 11.3 Å². The van der Waals surface area contributed by atoms with E-state index in [9.17, 15) is 0 Å². The van der Waals surface area contributed by atoms with Gasteiger partial charge in [-0.2, -0.15) is 9.97 Å². The summed E-state index contributed by atoms with van der Waals surface area (Å²) in [5, 5.41) is 9.53.